The predicted molar refractivity (Wildman–Crippen MR) is 398 cm³/mol. The van der Waals surface area contributed by atoms with Crippen LogP contribution in [-0.2, 0) is 71.1 Å². The molecule has 1 N–H and O–H groups in total. The van der Waals surface area contributed by atoms with Crippen molar-refractivity contribution in [2.75, 3.05) is 19.8 Å². The Morgan fingerprint density at radius 1 is 0.211 bits per heavy atom. The molecule has 0 aliphatic carbocycles. The molecule has 3 fully saturated rings. The zero-order valence-corrected chi connectivity index (χ0v) is 60.3. The van der Waals surface area contributed by atoms with Gasteiger partial charge in [-0.2, -0.15) is 0 Å². The molecule has 13 rings (SSSR count). The average Bonchev–Trinajstić information content (AvgIpc) is 0.756. The van der Waals surface area contributed by atoms with E-state index in [4.69, 9.17) is 71.1 Å². The maximum Gasteiger partial charge on any atom is 0.338 e. The first kappa shape index (κ1) is 78.8. The highest BCUT2D eigenvalue weighted by atomic mass is 16.8. The third-order valence-electron chi connectivity index (χ3n) is 18.3. The Balaban J connectivity index is 1.02. The van der Waals surface area contributed by atoms with E-state index in [9.17, 15) is 33.9 Å². The van der Waals surface area contributed by atoms with Gasteiger partial charge in [0.25, 0.3) is 0 Å². The van der Waals surface area contributed by atoms with Gasteiger partial charge in [0.05, 0.1) is 55.6 Å². The van der Waals surface area contributed by atoms with Gasteiger partial charge in [0.1, 0.15) is 50.3 Å². The monoisotopic (exact) mass is 1540 g/mol. The van der Waals surface area contributed by atoms with Crippen molar-refractivity contribution < 1.29 is 124 Å². The fourth-order valence-electron chi connectivity index (χ4n) is 12.6. The normalized spacial score (nSPS) is 22.9. The maximum atomic E-state index is 15.5. The van der Waals surface area contributed by atoms with Crippen molar-refractivity contribution in [3.63, 3.8) is 0 Å². The van der Waals surface area contributed by atoms with Gasteiger partial charge in [0.15, 0.2) is 61.6 Å². The maximum absolute atomic E-state index is 15.5. The van der Waals surface area contributed by atoms with Crippen molar-refractivity contribution in [3.8, 4) is 0 Å². The summed E-state index contributed by atoms with van der Waals surface area (Å²) in [6.45, 7) is -2.73. The summed E-state index contributed by atoms with van der Waals surface area (Å²) in [5.41, 5.74) is -0.628. The third kappa shape index (κ3) is 19.9. The van der Waals surface area contributed by atoms with Crippen LogP contribution in [0, 0.1) is 0 Å². The van der Waals surface area contributed by atoms with Crippen LogP contribution >= 0.6 is 0 Å². The highest BCUT2D eigenvalue weighted by molar-refractivity contribution is 5.94. The summed E-state index contributed by atoms with van der Waals surface area (Å²) in [7, 11) is 0. The minimum atomic E-state index is -2.41. The van der Waals surface area contributed by atoms with Crippen molar-refractivity contribution in [1.82, 2.24) is 0 Å². The number of benzene rings is 10. The van der Waals surface area contributed by atoms with Crippen molar-refractivity contribution in [2.45, 2.75) is 92.1 Å². The number of rotatable bonds is 27. The van der Waals surface area contributed by atoms with Crippen LogP contribution in [0.25, 0.3) is 0 Å². The smallest absolute Gasteiger partial charge is 0.338 e. The Hall–Kier alpha value is -13.3. The first-order valence-corrected chi connectivity index (χ1v) is 36.0. The standard InChI is InChI=1S/C88H72O26/c89-76(54-31-11-1-12-32-54)100-51-64-67(106-79(92)57-37-17-4-18-38-57)70(73(86(99)103-64)110-83(96)61-45-25-8-26-46-61)113-88-75(112-85(98)63-49-29-10-30-50-63)72(69(108-81(94)59-41-21-6-22-42-59)66(105-88)53-102-78(91)56-35-15-3-16-36-56)114-87-74(111-84(97)62-47-27-9-28-48-62)71(109-82(95)60-43-23-7-24-44-60)68(107-80(93)58-39-19-5-20-40-58)65(104-87)52-101-77(90)55-33-13-2-14-34-55/h1-50,64-75,86-88,99H,51-53H2/t64-,65-,66-,67+,68+,69+,70+,71+,72+,73-,74-,75-,86-,87+,88+/m1/s1. The number of aliphatic hydroxyl groups is 1. The molecular weight excluding hydrogens is 1470 g/mol. The van der Waals surface area contributed by atoms with E-state index in [1.165, 1.54) is 206 Å². The lowest BCUT2D eigenvalue weighted by Crippen LogP contribution is -2.69. The summed E-state index contributed by atoms with van der Waals surface area (Å²) in [5.74, 6) is -10.8. The van der Waals surface area contributed by atoms with E-state index in [-0.39, 0.29) is 55.6 Å². The van der Waals surface area contributed by atoms with Gasteiger partial charge in [-0.3, -0.25) is 0 Å². The molecule has 26 heteroatoms. The van der Waals surface area contributed by atoms with E-state index in [0.29, 0.717) is 0 Å². The SMILES string of the molecule is O=C(OC[C@H]1O[C@@H](O)[C@H](OC(=O)c2ccccc2)[C@@H](O[C@@H]2O[C@H](COC(=O)c3ccccc3)[C@H](OC(=O)c3ccccc3)[C@H](O[C@@H]3O[C@H](COC(=O)c4ccccc4)[C@H](OC(=O)c4ccccc4)[C@H](OC(=O)c4ccccc4)[C@H]3OC(=O)c3ccccc3)[C@H]2OC(=O)c2ccccc2)[C@H]1OC(=O)c1ccccc1)c1ccccc1. The van der Waals surface area contributed by atoms with Gasteiger partial charge in [-0.25, -0.2) is 47.9 Å². The molecular formula is C88H72O26. The minimum absolute atomic E-state index is 0.000878. The second kappa shape index (κ2) is 38.1. The fraction of sp³-hybridized carbons (Fsp3) is 0.205. The number of carbonyl (C=O) groups excluding carboxylic acids is 10. The van der Waals surface area contributed by atoms with Crippen molar-refractivity contribution in [3.05, 3.63) is 359 Å². The average molecular weight is 1550 g/mol. The van der Waals surface area contributed by atoms with Gasteiger partial charge in [-0.05, 0) is 121 Å². The molecule has 0 radical (unpaired) electrons. The quantitative estimate of drug-likeness (QED) is 0.0369. The molecule has 580 valence electrons. The van der Waals surface area contributed by atoms with Crippen LogP contribution in [0.4, 0.5) is 0 Å². The second-order valence-corrected chi connectivity index (χ2v) is 25.9. The van der Waals surface area contributed by atoms with Crippen LogP contribution in [0.3, 0.4) is 0 Å². The predicted octanol–water partition coefficient (Wildman–Crippen LogP) is 11.1. The van der Waals surface area contributed by atoms with E-state index < -0.39 is 172 Å². The molecule has 0 unspecified atom stereocenters. The number of esters is 10. The number of ether oxygens (including phenoxy) is 15. The Morgan fingerprint density at radius 3 is 0.632 bits per heavy atom. The first-order chi connectivity index (χ1) is 55.6. The molecule has 0 amide bonds. The van der Waals surface area contributed by atoms with Crippen LogP contribution in [0.5, 0.6) is 0 Å². The molecule has 26 nitrogen and oxygen atoms in total. The van der Waals surface area contributed by atoms with E-state index in [2.05, 4.69) is 0 Å². The van der Waals surface area contributed by atoms with Gasteiger partial charge >= 0.3 is 59.7 Å². The molecule has 15 atom stereocenters. The number of carbonyl (C=O) groups is 10. The molecule has 0 bridgehead atoms. The molecule has 10 aromatic rings. The Kier molecular flexibility index (Phi) is 26.3. The summed E-state index contributed by atoms with van der Waals surface area (Å²) in [6.07, 6.45) is -32.4. The molecule has 3 saturated heterocycles. The topological polar surface area (TPSA) is 329 Å². The van der Waals surface area contributed by atoms with Gasteiger partial charge in [-0.1, -0.05) is 182 Å². The molecule has 114 heavy (non-hydrogen) atoms. The van der Waals surface area contributed by atoms with Crippen LogP contribution in [0.1, 0.15) is 104 Å². The second-order valence-electron chi connectivity index (χ2n) is 25.9. The molecule has 3 aliphatic rings. The zero-order valence-electron chi connectivity index (χ0n) is 60.3. The highest BCUT2D eigenvalue weighted by Crippen LogP contribution is 2.40. The lowest BCUT2D eigenvalue weighted by atomic mass is 9.94. The van der Waals surface area contributed by atoms with Gasteiger partial charge < -0.3 is 76.2 Å². The van der Waals surface area contributed by atoms with Gasteiger partial charge in [0, 0.05) is 0 Å². The molecule has 10 aromatic carbocycles. The van der Waals surface area contributed by atoms with Gasteiger partial charge in [0.2, 0.25) is 0 Å². The lowest BCUT2D eigenvalue weighted by molar-refractivity contribution is -0.376. The molecule has 3 aliphatic heterocycles. The van der Waals surface area contributed by atoms with Crippen LogP contribution in [0.2, 0.25) is 0 Å². The summed E-state index contributed by atoms with van der Waals surface area (Å²) in [6, 6.07) is 75.0. The van der Waals surface area contributed by atoms with Crippen LogP contribution in [0.15, 0.2) is 303 Å². The molecule has 0 spiro atoms. The van der Waals surface area contributed by atoms with Crippen molar-refractivity contribution >= 4 is 59.7 Å². The van der Waals surface area contributed by atoms with E-state index in [0.717, 1.165) is 0 Å². The first-order valence-electron chi connectivity index (χ1n) is 36.0. The summed E-state index contributed by atoms with van der Waals surface area (Å²) in [4.78, 5) is 148. The molecule has 0 aromatic heterocycles. The van der Waals surface area contributed by atoms with E-state index >= 15 is 19.2 Å². The Morgan fingerprint density at radius 2 is 0.386 bits per heavy atom. The number of aliphatic hydroxyl groups excluding tert-OH is 1. The van der Waals surface area contributed by atoms with E-state index in [1.54, 1.807) is 97.1 Å². The van der Waals surface area contributed by atoms with Gasteiger partial charge in [-0.15, -0.1) is 0 Å². The fourth-order valence-corrected chi connectivity index (χ4v) is 12.6. The Labute approximate surface area is 651 Å². The third-order valence-corrected chi connectivity index (χ3v) is 18.3. The molecule has 3 heterocycles. The van der Waals surface area contributed by atoms with Crippen molar-refractivity contribution in [1.29, 1.82) is 0 Å². The van der Waals surface area contributed by atoms with E-state index in [1.807, 2.05) is 0 Å². The highest BCUT2D eigenvalue weighted by Gasteiger charge is 2.61. The number of hydrogen-bond acceptors (Lipinski definition) is 26. The zero-order chi connectivity index (χ0) is 79.3. The summed E-state index contributed by atoms with van der Waals surface area (Å²) >= 11 is 0. The van der Waals surface area contributed by atoms with Crippen LogP contribution < -0.4 is 0 Å². The molecule has 0 saturated carbocycles. The Bertz CT molecular complexity index is 4900. The minimum Gasteiger partial charge on any atom is -0.459 e. The summed E-state index contributed by atoms with van der Waals surface area (Å²) < 4.78 is 97.5. The lowest BCUT2D eigenvalue weighted by Gasteiger charge is -2.50. The number of hydrogen-bond donors (Lipinski definition) is 1. The van der Waals surface area contributed by atoms with Crippen molar-refractivity contribution in [2.24, 2.45) is 0 Å². The van der Waals surface area contributed by atoms with Crippen LogP contribution in [-0.4, -0.2) is 177 Å². The largest absolute Gasteiger partial charge is 0.459 e. The summed E-state index contributed by atoms with van der Waals surface area (Å²) in [5, 5.41) is 12.5.